The van der Waals surface area contributed by atoms with Crippen molar-refractivity contribution in [2.24, 2.45) is 0 Å². The summed E-state index contributed by atoms with van der Waals surface area (Å²) in [5.74, 6) is -0.368. The van der Waals surface area contributed by atoms with E-state index in [1.54, 1.807) is 48.5 Å². The van der Waals surface area contributed by atoms with Crippen LogP contribution >= 0.6 is 0 Å². The highest BCUT2D eigenvalue weighted by Gasteiger charge is 2.22. The van der Waals surface area contributed by atoms with E-state index in [9.17, 15) is 19.5 Å². The maximum absolute atomic E-state index is 12.9. The van der Waals surface area contributed by atoms with Gasteiger partial charge in [-0.2, -0.15) is 0 Å². The van der Waals surface area contributed by atoms with Gasteiger partial charge in [-0.1, -0.05) is 79.9 Å². The Balaban J connectivity index is 1.10. The Morgan fingerprint density at radius 3 is 2.09 bits per heavy atom. The van der Waals surface area contributed by atoms with Gasteiger partial charge < -0.3 is 25.2 Å². The minimum atomic E-state index is -1.14. The van der Waals surface area contributed by atoms with Crippen LogP contribution in [-0.4, -0.2) is 35.5 Å². The minimum absolute atomic E-state index is 0.111. The number of amides is 2. The van der Waals surface area contributed by atoms with Gasteiger partial charge in [-0.25, -0.2) is 4.79 Å². The van der Waals surface area contributed by atoms with E-state index in [1.165, 1.54) is 24.8 Å². The minimum Gasteiger partial charge on any atom is -0.489 e. The molecule has 0 bridgehead atoms. The van der Waals surface area contributed by atoms with Crippen molar-refractivity contribution in [3.63, 3.8) is 0 Å². The molecule has 8 heteroatoms. The van der Waals surface area contributed by atoms with Gasteiger partial charge in [-0.3, -0.25) is 9.59 Å². The molecule has 232 valence electrons. The van der Waals surface area contributed by atoms with Crippen molar-refractivity contribution in [1.82, 2.24) is 5.32 Å². The summed E-state index contributed by atoms with van der Waals surface area (Å²) >= 11 is 0. The molecule has 8 nitrogen and oxygen atoms in total. The zero-order chi connectivity index (χ0) is 31.4. The molecule has 1 unspecified atom stereocenters. The first kappa shape index (κ1) is 31.3. The number of carboxylic acids is 1. The lowest BCUT2D eigenvalue weighted by Crippen LogP contribution is -2.42. The van der Waals surface area contributed by atoms with Crippen molar-refractivity contribution >= 4 is 23.5 Å². The molecule has 1 aliphatic carbocycles. The fourth-order valence-electron chi connectivity index (χ4n) is 5.56. The van der Waals surface area contributed by atoms with Crippen LogP contribution in [-0.2, 0) is 22.6 Å². The number of hydrogen-bond acceptors (Lipinski definition) is 5. The zero-order valence-electron chi connectivity index (χ0n) is 25.1. The molecule has 3 N–H and O–H groups in total. The number of aliphatic carboxylic acids is 1. The summed E-state index contributed by atoms with van der Waals surface area (Å²) in [5, 5.41) is 15.3. The summed E-state index contributed by atoms with van der Waals surface area (Å²) in [6, 6.07) is 30.0. The molecule has 5 rings (SSSR count). The Bertz CT molecular complexity index is 1570. The van der Waals surface area contributed by atoms with Crippen LogP contribution in [0.4, 0.5) is 5.69 Å². The second-order valence-electron chi connectivity index (χ2n) is 11.3. The van der Waals surface area contributed by atoms with Crippen molar-refractivity contribution in [3.8, 4) is 11.5 Å². The molecular weight excluding hydrogens is 568 g/mol. The van der Waals surface area contributed by atoms with Gasteiger partial charge in [-0.05, 0) is 77.9 Å². The molecular formula is C37H38N2O6. The SMILES string of the molecule is O=C(COc1ccc(C(=O)NC(Cc2ccc(OCc3ccccc3)cc2)C(=O)O)cc1)Nc1ccccc1C1CCCCC1. The molecule has 0 heterocycles. The zero-order valence-corrected chi connectivity index (χ0v) is 25.1. The molecule has 0 saturated heterocycles. The van der Waals surface area contributed by atoms with E-state index < -0.39 is 17.9 Å². The highest BCUT2D eigenvalue weighted by molar-refractivity contribution is 5.97. The van der Waals surface area contributed by atoms with Crippen LogP contribution in [0.1, 0.15) is 65.1 Å². The summed E-state index contributed by atoms with van der Waals surface area (Å²) < 4.78 is 11.5. The molecule has 2 amide bonds. The number of benzene rings is 4. The maximum Gasteiger partial charge on any atom is 0.326 e. The van der Waals surface area contributed by atoms with Crippen LogP contribution in [0.2, 0.25) is 0 Å². The summed E-state index contributed by atoms with van der Waals surface area (Å²) in [7, 11) is 0. The standard InChI is InChI=1S/C37H38N2O6/c40-35(38-33-14-8-7-13-32(33)28-11-5-2-6-12-28)25-45-31-21-17-29(18-22-31)36(41)39-34(37(42)43)23-26-15-19-30(20-16-26)44-24-27-9-3-1-4-10-27/h1,3-4,7-10,13-22,28,34H,2,5-6,11-12,23-25H2,(H,38,40)(H,39,41)(H,42,43). The van der Waals surface area contributed by atoms with E-state index in [2.05, 4.69) is 16.7 Å². The van der Waals surface area contributed by atoms with Gasteiger partial charge in [0.15, 0.2) is 6.61 Å². The van der Waals surface area contributed by atoms with E-state index in [1.807, 2.05) is 48.5 Å². The fraction of sp³-hybridized carbons (Fsp3) is 0.270. The first-order valence-corrected chi connectivity index (χ1v) is 15.4. The van der Waals surface area contributed by atoms with Crippen molar-refractivity contribution in [1.29, 1.82) is 0 Å². The second-order valence-corrected chi connectivity index (χ2v) is 11.3. The van der Waals surface area contributed by atoms with Crippen LogP contribution in [0.25, 0.3) is 0 Å². The first-order valence-electron chi connectivity index (χ1n) is 15.4. The van der Waals surface area contributed by atoms with Crippen LogP contribution in [0, 0.1) is 0 Å². The Hall–Kier alpha value is -5.11. The predicted octanol–water partition coefficient (Wildman–Crippen LogP) is 6.76. The number of nitrogens with one attached hydrogen (secondary N) is 2. The van der Waals surface area contributed by atoms with Gasteiger partial charge in [0.25, 0.3) is 11.8 Å². The van der Waals surface area contributed by atoms with E-state index in [4.69, 9.17) is 9.47 Å². The molecule has 1 atom stereocenters. The number of anilines is 1. The average molecular weight is 607 g/mol. The van der Waals surface area contributed by atoms with E-state index in [0.717, 1.165) is 29.7 Å². The molecule has 0 radical (unpaired) electrons. The van der Waals surface area contributed by atoms with Gasteiger partial charge in [0, 0.05) is 17.7 Å². The third-order valence-electron chi connectivity index (χ3n) is 7.98. The van der Waals surface area contributed by atoms with Crippen molar-refractivity contribution in [2.75, 3.05) is 11.9 Å². The fourth-order valence-corrected chi connectivity index (χ4v) is 5.56. The molecule has 4 aromatic rings. The number of carbonyl (C=O) groups is 3. The quantitative estimate of drug-likeness (QED) is 0.155. The smallest absolute Gasteiger partial charge is 0.326 e. The number of carbonyl (C=O) groups excluding carboxylic acids is 2. The third kappa shape index (κ3) is 9.19. The maximum atomic E-state index is 12.9. The first-order chi connectivity index (χ1) is 21.9. The topological polar surface area (TPSA) is 114 Å². The lowest BCUT2D eigenvalue weighted by molar-refractivity contribution is -0.139. The highest BCUT2D eigenvalue weighted by Crippen LogP contribution is 2.36. The number of hydrogen-bond donors (Lipinski definition) is 3. The summed E-state index contributed by atoms with van der Waals surface area (Å²) in [5.41, 5.74) is 4.07. The molecule has 0 spiro atoms. The molecule has 1 saturated carbocycles. The highest BCUT2D eigenvalue weighted by atomic mass is 16.5. The number of carboxylic acid groups (broad SMARTS) is 1. The van der Waals surface area contributed by atoms with E-state index in [0.29, 0.717) is 24.0 Å². The molecule has 1 fully saturated rings. The lowest BCUT2D eigenvalue weighted by Gasteiger charge is -2.24. The second kappa shape index (κ2) is 15.6. The van der Waals surface area contributed by atoms with Gasteiger partial charge in [0.2, 0.25) is 0 Å². The number of ether oxygens (including phenoxy) is 2. The Kier molecular flexibility index (Phi) is 10.8. The normalized spacial score (nSPS) is 13.8. The van der Waals surface area contributed by atoms with Crippen LogP contribution in [0.3, 0.4) is 0 Å². The monoisotopic (exact) mass is 606 g/mol. The Morgan fingerprint density at radius 2 is 1.38 bits per heavy atom. The molecule has 1 aliphatic rings. The average Bonchev–Trinajstić information content (AvgIpc) is 3.08. The Labute approximate surface area is 263 Å². The predicted molar refractivity (Wildman–Crippen MR) is 173 cm³/mol. The summed E-state index contributed by atoms with van der Waals surface area (Å²) in [6.45, 7) is 0.252. The lowest BCUT2D eigenvalue weighted by atomic mass is 9.83. The van der Waals surface area contributed by atoms with Crippen LogP contribution < -0.4 is 20.1 Å². The van der Waals surface area contributed by atoms with Crippen LogP contribution in [0.15, 0.2) is 103 Å². The van der Waals surface area contributed by atoms with Gasteiger partial charge in [0.05, 0.1) is 0 Å². The van der Waals surface area contributed by atoms with Gasteiger partial charge >= 0.3 is 5.97 Å². The van der Waals surface area contributed by atoms with Gasteiger partial charge in [-0.15, -0.1) is 0 Å². The van der Waals surface area contributed by atoms with E-state index in [-0.39, 0.29) is 24.5 Å². The van der Waals surface area contributed by atoms with Crippen molar-refractivity contribution in [3.05, 3.63) is 125 Å². The number of rotatable bonds is 13. The van der Waals surface area contributed by atoms with Crippen LogP contribution in [0.5, 0.6) is 11.5 Å². The molecule has 4 aromatic carbocycles. The van der Waals surface area contributed by atoms with Gasteiger partial charge in [0.1, 0.15) is 24.1 Å². The molecule has 45 heavy (non-hydrogen) atoms. The largest absolute Gasteiger partial charge is 0.489 e. The van der Waals surface area contributed by atoms with Crippen molar-refractivity contribution in [2.45, 2.75) is 57.1 Å². The molecule has 0 aromatic heterocycles. The van der Waals surface area contributed by atoms with E-state index >= 15 is 0 Å². The molecule has 0 aliphatic heterocycles. The van der Waals surface area contributed by atoms with Crippen molar-refractivity contribution < 1.29 is 29.0 Å². The third-order valence-corrected chi connectivity index (χ3v) is 7.98. The number of para-hydroxylation sites is 1. The summed E-state index contributed by atoms with van der Waals surface area (Å²) in [6.07, 6.45) is 6.06. The Morgan fingerprint density at radius 1 is 0.733 bits per heavy atom. The summed E-state index contributed by atoms with van der Waals surface area (Å²) in [4.78, 5) is 37.5.